The molecule has 1 unspecified atom stereocenters. The zero-order chi connectivity index (χ0) is 20.0. The van der Waals surface area contributed by atoms with E-state index in [0.29, 0.717) is 42.9 Å². The predicted molar refractivity (Wildman–Crippen MR) is 99.6 cm³/mol. The fourth-order valence-electron chi connectivity index (χ4n) is 3.34. The van der Waals surface area contributed by atoms with E-state index in [1.165, 1.54) is 7.11 Å². The van der Waals surface area contributed by atoms with Crippen LogP contribution < -0.4 is 24.8 Å². The van der Waals surface area contributed by atoms with E-state index in [4.69, 9.17) is 19.3 Å². The lowest BCUT2D eigenvalue weighted by Gasteiger charge is -2.27. The first kappa shape index (κ1) is 20.7. The molecule has 0 saturated heterocycles. The monoisotopic (exact) mass is 380 g/mol. The summed E-state index contributed by atoms with van der Waals surface area (Å²) in [6, 6.07) is 3.02. The number of carboxylic acids is 1. The number of rotatable bonds is 7. The van der Waals surface area contributed by atoms with Crippen LogP contribution in [0.2, 0.25) is 0 Å². The van der Waals surface area contributed by atoms with Crippen molar-refractivity contribution in [2.24, 2.45) is 5.92 Å². The first-order valence-electron chi connectivity index (χ1n) is 8.99. The van der Waals surface area contributed by atoms with E-state index in [-0.39, 0.29) is 24.0 Å². The average Bonchev–Trinajstić information content (AvgIpc) is 2.66. The van der Waals surface area contributed by atoms with E-state index >= 15 is 0 Å². The Hall–Kier alpha value is -2.64. The maximum Gasteiger partial charge on any atom is 0.315 e. The number of aliphatic carboxylic acids is 1. The van der Waals surface area contributed by atoms with Gasteiger partial charge in [-0.05, 0) is 50.3 Å². The summed E-state index contributed by atoms with van der Waals surface area (Å²) in [6.07, 6.45) is 2.51. The second kappa shape index (κ2) is 9.34. The first-order chi connectivity index (χ1) is 12.9. The smallest absolute Gasteiger partial charge is 0.315 e. The van der Waals surface area contributed by atoms with Gasteiger partial charge in [0, 0.05) is 6.04 Å². The molecule has 0 spiro atoms. The minimum Gasteiger partial charge on any atom is -0.493 e. The predicted octanol–water partition coefficient (Wildman–Crippen LogP) is 2.72. The second-order valence-corrected chi connectivity index (χ2v) is 6.68. The van der Waals surface area contributed by atoms with E-state index < -0.39 is 5.97 Å². The quantitative estimate of drug-likeness (QED) is 0.672. The summed E-state index contributed by atoms with van der Waals surface area (Å²) in [4.78, 5) is 23.3. The molecule has 0 radical (unpaired) electrons. The topological polar surface area (TPSA) is 106 Å². The van der Waals surface area contributed by atoms with Crippen molar-refractivity contribution < 1.29 is 28.9 Å². The molecule has 0 aromatic heterocycles. The fourth-order valence-corrected chi connectivity index (χ4v) is 3.34. The van der Waals surface area contributed by atoms with Crippen LogP contribution in [0.4, 0.5) is 4.79 Å². The molecule has 0 bridgehead atoms. The minimum absolute atomic E-state index is 0.00672. The number of carbonyl (C=O) groups excluding carboxylic acids is 1. The lowest BCUT2D eigenvalue weighted by molar-refractivity contribution is -0.142. The van der Waals surface area contributed by atoms with Gasteiger partial charge in [0.15, 0.2) is 11.5 Å². The number of nitrogens with one attached hydrogen (secondary N) is 2. The van der Waals surface area contributed by atoms with E-state index in [2.05, 4.69) is 10.6 Å². The van der Waals surface area contributed by atoms with Gasteiger partial charge in [-0.3, -0.25) is 4.79 Å². The molecule has 1 atom stereocenters. The minimum atomic E-state index is -0.756. The lowest BCUT2D eigenvalue weighted by Crippen LogP contribution is -2.44. The summed E-state index contributed by atoms with van der Waals surface area (Å²) in [7, 11) is 4.62. The number of methoxy groups -OCH3 is 3. The molecule has 8 nitrogen and oxygen atoms in total. The van der Waals surface area contributed by atoms with Crippen LogP contribution in [-0.4, -0.2) is 44.5 Å². The van der Waals surface area contributed by atoms with Crippen molar-refractivity contribution >= 4 is 12.0 Å². The van der Waals surface area contributed by atoms with Crippen molar-refractivity contribution in [1.29, 1.82) is 0 Å². The van der Waals surface area contributed by atoms with Gasteiger partial charge in [-0.15, -0.1) is 0 Å². The molecule has 150 valence electrons. The SMILES string of the molecule is COc1cc(C(C)NC(=O)NC2CCC(C(=O)O)CC2)cc(OC)c1OC. The van der Waals surface area contributed by atoms with Crippen LogP contribution in [0, 0.1) is 5.92 Å². The van der Waals surface area contributed by atoms with Gasteiger partial charge in [0.1, 0.15) is 0 Å². The zero-order valence-corrected chi connectivity index (χ0v) is 16.2. The van der Waals surface area contributed by atoms with Crippen LogP contribution in [0.15, 0.2) is 12.1 Å². The summed E-state index contributed by atoms with van der Waals surface area (Å²) in [6.45, 7) is 1.86. The van der Waals surface area contributed by atoms with Gasteiger partial charge >= 0.3 is 12.0 Å². The average molecular weight is 380 g/mol. The van der Waals surface area contributed by atoms with Gasteiger partial charge in [-0.25, -0.2) is 4.79 Å². The van der Waals surface area contributed by atoms with Crippen molar-refractivity contribution in [2.45, 2.75) is 44.7 Å². The normalized spacial score (nSPS) is 20.3. The third-order valence-corrected chi connectivity index (χ3v) is 4.95. The van der Waals surface area contributed by atoms with E-state index in [1.807, 2.05) is 6.92 Å². The van der Waals surface area contributed by atoms with Gasteiger partial charge in [0.05, 0.1) is 33.3 Å². The molecule has 2 amide bonds. The third kappa shape index (κ3) is 5.18. The maximum absolute atomic E-state index is 12.3. The molecule has 1 aliphatic carbocycles. The van der Waals surface area contributed by atoms with E-state index in [1.54, 1.807) is 26.4 Å². The Bertz CT molecular complexity index is 645. The Morgan fingerprint density at radius 3 is 2.04 bits per heavy atom. The standard InChI is InChI=1S/C19H28N2O6/c1-11(13-9-15(25-2)17(27-4)16(10-13)26-3)20-19(24)21-14-7-5-12(6-8-14)18(22)23/h9-12,14H,5-8H2,1-4H3,(H,22,23)(H2,20,21,24). The highest BCUT2D eigenvalue weighted by Crippen LogP contribution is 2.39. The summed E-state index contributed by atoms with van der Waals surface area (Å²) < 4.78 is 16.0. The van der Waals surface area contributed by atoms with Crippen molar-refractivity contribution in [3.63, 3.8) is 0 Å². The first-order valence-corrected chi connectivity index (χ1v) is 8.99. The van der Waals surface area contributed by atoms with Gasteiger partial charge < -0.3 is 30.0 Å². The molecule has 1 aromatic carbocycles. The van der Waals surface area contributed by atoms with Gasteiger partial charge in [-0.1, -0.05) is 0 Å². The summed E-state index contributed by atoms with van der Waals surface area (Å²) in [5, 5.41) is 14.9. The lowest BCUT2D eigenvalue weighted by atomic mass is 9.86. The molecule has 0 aliphatic heterocycles. The van der Waals surface area contributed by atoms with Gasteiger partial charge in [0.2, 0.25) is 5.75 Å². The van der Waals surface area contributed by atoms with Crippen molar-refractivity contribution in [2.75, 3.05) is 21.3 Å². The van der Waals surface area contributed by atoms with Crippen LogP contribution in [-0.2, 0) is 4.79 Å². The summed E-state index contributed by atoms with van der Waals surface area (Å²) in [5.41, 5.74) is 0.814. The number of ether oxygens (including phenoxy) is 3. The second-order valence-electron chi connectivity index (χ2n) is 6.68. The maximum atomic E-state index is 12.3. The number of benzene rings is 1. The van der Waals surface area contributed by atoms with Crippen LogP contribution in [0.25, 0.3) is 0 Å². The highest BCUT2D eigenvalue weighted by atomic mass is 16.5. The van der Waals surface area contributed by atoms with Crippen LogP contribution in [0.3, 0.4) is 0 Å². The fraction of sp³-hybridized carbons (Fsp3) is 0.579. The van der Waals surface area contributed by atoms with Crippen molar-refractivity contribution in [3.8, 4) is 17.2 Å². The van der Waals surface area contributed by atoms with Gasteiger partial charge in [0.25, 0.3) is 0 Å². The Labute approximate surface area is 159 Å². The van der Waals surface area contributed by atoms with E-state index in [0.717, 1.165) is 5.56 Å². The molecule has 0 heterocycles. The summed E-state index contributed by atoms with van der Waals surface area (Å²) >= 11 is 0. The molecule has 2 rings (SSSR count). The molecular formula is C19H28N2O6. The Balaban J connectivity index is 1.97. The molecule has 27 heavy (non-hydrogen) atoms. The third-order valence-electron chi connectivity index (χ3n) is 4.95. The zero-order valence-electron chi connectivity index (χ0n) is 16.2. The molecule has 1 saturated carbocycles. The number of carbonyl (C=O) groups is 2. The largest absolute Gasteiger partial charge is 0.493 e. The molecule has 1 aliphatic rings. The van der Waals surface area contributed by atoms with Crippen LogP contribution >= 0.6 is 0 Å². The molecule has 3 N–H and O–H groups in total. The van der Waals surface area contributed by atoms with Crippen molar-refractivity contribution in [3.05, 3.63) is 17.7 Å². The van der Waals surface area contributed by atoms with E-state index in [9.17, 15) is 9.59 Å². The Morgan fingerprint density at radius 2 is 1.59 bits per heavy atom. The number of hydrogen-bond donors (Lipinski definition) is 3. The highest BCUT2D eigenvalue weighted by Gasteiger charge is 2.27. The van der Waals surface area contributed by atoms with Crippen molar-refractivity contribution in [1.82, 2.24) is 10.6 Å². The number of carboxylic acid groups (broad SMARTS) is 1. The molecule has 1 aromatic rings. The highest BCUT2D eigenvalue weighted by molar-refractivity contribution is 5.75. The Kier molecular flexibility index (Phi) is 7.15. The number of urea groups is 1. The number of amides is 2. The molecule has 1 fully saturated rings. The van der Waals surface area contributed by atoms with Crippen LogP contribution in [0.1, 0.15) is 44.2 Å². The summed E-state index contributed by atoms with van der Waals surface area (Å²) in [5.74, 6) is 0.481. The molecule has 8 heteroatoms. The Morgan fingerprint density at radius 1 is 1.04 bits per heavy atom. The van der Waals surface area contributed by atoms with Gasteiger partial charge in [-0.2, -0.15) is 0 Å². The molecular weight excluding hydrogens is 352 g/mol. The van der Waals surface area contributed by atoms with Crippen LogP contribution in [0.5, 0.6) is 17.2 Å². The number of hydrogen-bond acceptors (Lipinski definition) is 5.